The fourth-order valence-electron chi connectivity index (χ4n) is 3.39. The van der Waals surface area contributed by atoms with Gasteiger partial charge in [-0.05, 0) is 26.0 Å². The first kappa shape index (κ1) is 22.6. The van der Waals surface area contributed by atoms with Crippen LogP contribution in [-0.2, 0) is 13.8 Å². The summed E-state index contributed by atoms with van der Waals surface area (Å²) in [6, 6.07) is 8.60. The van der Waals surface area contributed by atoms with E-state index in [0.29, 0.717) is 23.5 Å². The smallest absolute Gasteiger partial charge is 0.476 e. The first-order chi connectivity index (χ1) is 15.3. The van der Waals surface area contributed by atoms with Gasteiger partial charge in [0.15, 0.2) is 23.1 Å². The second kappa shape index (κ2) is 9.13. The second-order valence-corrected chi connectivity index (χ2v) is 8.89. The highest BCUT2D eigenvalue weighted by molar-refractivity contribution is 7.33. The molecule has 0 aliphatic carbocycles. The van der Waals surface area contributed by atoms with Gasteiger partial charge in [-0.2, -0.15) is 9.97 Å². The van der Waals surface area contributed by atoms with Crippen molar-refractivity contribution in [3.63, 3.8) is 0 Å². The molecule has 3 heterocycles. The number of hydrogen-bond acceptors (Lipinski definition) is 10. The highest BCUT2D eigenvalue weighted by Gasteiger charge is 2.54. The van der Waals surface area contributed by atoms with Gasteiger partial charge in [-0.15, -0.1) is 16.1 Å². The fourth-order valence-corrected chi connectivity index (χ4v) is 4.31. The summed E-state index contributed by atoms with van der Waals surface area (Å²) in [7, 11) is -2.48. The normalized spacial score (nSPS) is 25.8. The molecule has 170 valence electrons. The van der Waals surface area contributed by atoms with E-state index < -0.39 is 31.6 Å². The van der Waals surface area contributed by atoms with Gasteiger partial charge in [0, 0.05) is 4.57 Å². The fraction of sp³-hybridized carbons (Fsp3) is 0.421. The van der Waals surface area contributed by atoms with Gasteiger partial charge in [0.1, 0.15) is 23.7 Å². The lowest BCUT2D eigenvalue weighted by atomic mass is 10.0. The van der Waals surface area contributed by atoms with Crippen LogP contribution >= 0.6 is 19.9 Å². The molecule has 3 N–H and O–H groups in total. The highest BCUT2D eigenvalue weighted by Crippen LogP contribution is 2.45. The van der Waals surface area contributed by atoms with Crippen LogP contribution in [0.4, 0.5) is 5.95 Å². The van der Waals surface area contributed by atoms with Crippen molar-refractivity contribution in [3.8, 4) is 11.6 Å². The molecule has 1 fully saturated rings. The maximum absolute atomic E-state index is 12.1. The van der Waals surface area contributed by atoms with Crippen molar-refractivity contribution in [2.45, 2.75) is 37.2 Å². The van der Waals surface area contributed by atoms with E-state index in [2.05, 4.69) is 15.0 Å². The standard InChI is InChI=1S/C19H22ClN5O6P/c1-3-28-16-13-15(23-18(21)24-16)25(10-22-13)17-19(2,20)14(26)12(30-17)9-29-32(27)31-11-7-5-4-6-8-11/h4-8,10,12,14,17,26H,3,9H2,1-2H3,(H2,21,23,24)/q+1/t12-,14-,17-,19-/m1/s1. The number of para-hydroxylation sites is 1. The summed E-state index contributed by atoms with van der Waals surface area (Å²) < 4.78 is 35.6. The number of fused-ring (bicyclic) bond motifs is 1. The predicted octanol–water partition coefficient (Wildman–Crippen LogP) is 2.82. The molecule has 0 bridgehead atoms. The number of nitrogens with zero attached hydrogens (tertiary/aromatic N) is 4. The third kappa shape index (κ3) is 4.35. The van der Waals surface area contributed by atoms with Crippen LogP contribution in [0.1, 0.15) is 20.1 Å². The van der Waals surface area contributed by atoms with Crippen LogP contribution < -0.4 is 15.0 Å². The highest BCUT2D eigenvalue weighted by atomic mass is 35.5. The number of imidazole rings is 1. The number of aliphatic hydroxyl groups excluding tert-OH is 1. The van der Waals surface area contributed by atoms with Crippen LogP contribution in [0.2, 0.25) is 0 Å². The van der Waals surface area contributed by atoms with E-state index in [1.807, 2.05) is 6.92 Å². The number of hydrogen-bond donors (Lipinski definition) is 2. The molecule has 11 nitrogen and oxygen atoms in total. The van der Waals surface area contributed by atoms with Crippen molar-refractivity contribution < 1.29 is 28.2 Å². The van der Waals surface area contributed by atoms with Gasteiger partial charge < -0.3 is 20.3 Å². The Morgan fingerprint density at radius 1 is 1.34 bits per heavy atom. The van der Waals surface area contributed by atoms with E-state index in [-0.39, 0.29) is 18.4 Å². The maximum Gasteiger partial charge on any atom is 0.750 e. The molecule has 4 rings (SSSR count). The first-order valence-electron chi connectivity index (χ1n) is 9.79. The molecule has 3 aromatic rings. The minimum atomic E-state index is -2.48. The Bertz CT molecular complexity index is 1110. The van der Waals surface area contributed by atoms with Crippen molar-refractivity contribution in [2.75, 3.05) is 18.9 Å². The minimum Gasteiger partial charge on any atom is -0.476 e. The van der Waals surface area contributed by atoms with Crippen LogP contribution in [-0.4, -0.2) is 54.9 Å². The molecule has 0 spiro atoms. The SMILES string of the molecule is CCOc1nc(N)nc2c1ncn2[C@@H]1O[C@H](CO[P+](=O)Oc2ccccc2)[C@@H](O)[C@@]1(C)Cl. The van der Waals surface area contributed by atoms with Gasteiger partial charge in [0.25, 0.3) is 0 Å². The monoisotopic (exact) mass is 482 g/mol. The van der Waals surface area contributed by atoms with E-state index in [9.17, 15) is 9.67 Å². The van der Waals surface area contributed by atoms with Gasteiger partial charge in [0.2, 0.25) is 11.8 Å². The lowest BCUT2D eigenvalue weighted by molar-refractivity contribution is -0.0392. The lowest BCUT2D eigenvalue weighted by Gasteiger charge is -2.26. The average molecular weight is 483 g/mol. The Labute approximate surface area is 189 Å². The minimum absolute atomic E-state index is 0.00698. The summed E-state index contributed by atoms with van der Waals surface area (Å²) in [4.78, 5) is 11.3. The number of rotatable bonds is 8. The quantitative estimate of drug-likeness (QED) is 0.363. The van der Waals surface area contributed by atoms with Gasteiger partial charge >= 0.3 is 8.25 Å². The number of ether oxygens (including phenoxy) is 2. The third-order valence-electron chi connectivity index (χ3n) is 4.92. The molecule has 0 amide bonds. The van der Waals surface area contributed by atoms with Crippen LogP contribution in [0.3, 0.4) is 0 Å². The first-order valence-corrected chi connectivity index (χ1v) is 11.3. The largest absolute Gasteiger partial charge is 0.750 e. The van der Waals surface area contributed by atoms with E-state index in [1.54, 1.807) is 41.8 Å². The number of nitrogen functional groups attached to an aromatic ring is 1. The van der Waals surface area contributed by atoms with E-state index in [4.69, 9.17) is 35.9 Å². The molecule has 1 aliphatic heterocycles. The number of nitrogens with two attached hydrogens (primary N) is 1. The van der Waals surface area contributed by atoms with Crippen LogP contribution in [0.15, 0.2) is 36.7 Å². The summed E-state index contributed by atoms with van der Waals surface area (Å²) in [5, 5.41) is 10.8. The Morgan fingerprint density at radius 3 is 2.81 bits per heavy atom. The molecule has 2 aromatic heterocycles. The summed E-state index contributed by atoms with van der Waals surface area (Å²) >= 11 is 6.67. The van der Waals surface area contributed by atoms with Crippen molar-refractivity contribution in [1.29, 1.82) is 0 Å². The molecule has 5 atom stereocenters. The summed E-state index contributed by atoms with van der Waals surface area (Å²) in [5.41, 5.74) is 6.53. The molecule has 1 unspecified atom stereocenters. The second-order valence-electron chi connectivity index (χ2n) is 7.19. The van der Waals surface area contributed by atoms with Crippen molar-refractivity contribution >= 4 is 37.0 Å². The molecule has 1 saturated heterocycles. The van der Waals surface area contributed by atoms with Gasteiger partial charge in [0.05, 0.1) is 12.9 Å². The molecule has 1 aromatic carbocycles. The Kier molecular flexibility index (Phi) is 6.45. The lowest BCUT2D eigenvalue weighted by Crippen LogP contribution is -2.39. The van der Waals surface area contributed by atoms with Crippen molar-refractivity contribution in [3.05, 3.63) is 36.7 Å². The Hall–Kier alpha value is -2.56. The van der Waals surface area contributed by atoms with Gasteiger partial charge in [-0.3, -0.25) is 4.57 Å². The topological polar surface area (TPSA) is 144 Å². The van der Waals surface area contributed by atoms with Crippen LogP contribution in [0.25, 0.3) is 11.2 Å². The number of halogens is 1. The third-order valence-corrected chi connectivity index (χ3v) is 6.05. The number of aliphatic hydroxyl groups is 1. The van der Waals surface area contributed by atoms with Crippen LogP contribution in [0.5, 0.6) is 11.6 Å². The van der Waals surface area contributed by atoms with E-state index >= 15 is 0 Å². The van der Waals surface area contributed by atoms with E-state index in [0.717, 1.165) is 0 Å². The van der Waals surface area contributed by atoms with Gasteiger partial charge in [-0.1, -0.05) is 18.2 Å². The Balaban J connectivity index is 1.52. The van der Waals surface area contributed by atoms with Gasteiger partial charge in [-0.25, -0.2) is 9.51 Å². The number of alkyl halides is 1. The molecule has 32 heavy (non-hydrogen) atoms. The van der Waals surface area contributed by atoms with Crippen molar-refractivity contribution in [1.82, 2.24) is 19.5 Å². The zero-order valence-corrected chi connectivity index (χ0v) is 18.9. The Morgan fingerprint density at radius 2 is 2.09 bits per heavy atom. The average Bonchev–Trinajstić information content (AvgIpc) is 3.26. The van der Waals surface area contributed by atoms with E-state index in [1.165, 1.54) is 6.33 Å². The summed E-state index contributed by atoms with van der Waals surface area (Å²) in [6.45, 7) is 3.58. The molecule has 0 radical (unpaired) electrons. The number of aromatic nitrogens is 4. The molecule has 13 heteroatoms. The molecular weight excluding hydrogens is 461 g/mol. The predicted molar refractivity (Wildman–Crippen MR) is 116 cm³/mol. The molecular formula is C19H22ClN5O6P+. The number of anilines is 1. The summed E-state index contributed by atoms with van der Waals surface area (Å²) in [5.74, 6) is 0.625. The zero-order valence-electron chi connectivity index (χ0n) is 17.3. The van der Waals surface area contributed by atoms with Crippen molar-refractivity contribution in [2.24, 2.45) is 0 Å². The summed E-state index contributed by atoms with van der Waals surface area (Å²) in [6.07, 6.45) is -1.46. The molecule has 1 aliphatic rings. The zero-order chi connectivity index (χ0) is 22.9. The number of benzene rings is 1. The maximum atomic E-state index is 12.1. The molecule has 0 saturated carbocycles. The van der Waals surface area contributed by atoms with Crippen LogP contribution in [0, 0.1) is 0 Å².